The number of ether oxygens (including phenoxy) is 1. The summed E-state index contributed by atoms with van der Waals surface area (Å²) >= 11 is 0. The minimum Gasteiger partial charge on any atom is -0.494 e. The molecule has 1 aliphatic rings. The first-order valence-corrected chi connectivity index (χ1v) is 6.49. The van der Waals surface area contributed by atoms with Gasteiger partial charge in [-0.2, -0.15) is 0 Å². The highest BCUT2D eigenvalue weighted by atomic mass is 35.5. The number of hydrogen-bond acceptors (Lipinski definition) is 3. The molecular weight excluding hydrogens is 283 g/mol. The first-order chi connectivity index (χ1) is 9.11. The number of nitrogens with one attached hydrogen (secondary N) is 2. The molecular formula is C14H20ClFN2O2. The second-order valence-corrected chi connectivity index (χ2v) is 4.77. The molecule has 20 heavy (non-hydrogen) atoms. The molecule has 0 bridgehead atoms. The van der Waals surface area contributed by atoms with E-state index in [0.29, 0.717) is 0 Å². The molecule has 1 aliphatic heterocycles. The van der Waals surface area contributed by atoms with Gasteiger partial charge in [0, 0.05) is 0 Å². The summed E-state index contributed by atoms with van der Waals surface area (Å²) in [5.41, 5.74) is 0.727. The molecule has 0 aromatic heterocycles. The number of hydrogen-bond donors (Lipinski definition) is 2. The van der Waals surface area contributed by atoms with Crippen molar-refractivity contribution in [2.45, 2.75) is 31.8 Å². The Balaban J connectivity index is 0.00000200. The summed E-state index contributed by atoms with van der Waals surface area (Å²) in [7, 11) is 1.43. The fraction of sp³-hybridized carbons (Fsp3) is 0.500. The zero-order valence-electron chi connectivity index (χ0n) is 11.6. The molecule has 1 aromatic rings. The number of amides is 1. The van der Waals surface area contributed by atoms with Gasteiger partial charge in [0.2, 0.25) is 5.91 Å². The van der Waals surface area contributed by atoms with Crippen molar-refractivity contribution >= 4 is 18.3 Å². The second-order valence-electron chi connectivity index (χ2n) is 4.77. The molecule has 0 saturated carbocycles. The normalized spacial score (nSPS) is 19.1. The van der Waals surface area contributed by atoms with Crippen molar-refractivity contribution in [1.82, 2.24) is 10.6 Å². The van der Waals surface area contributed by atoms with E-state index < -0.39 is 5.82 Å². The highest BCUT2D eigenvalue weighted by Crippen LogP contribution is 2.22. The van der Waals surface area contributed by atoms with Crippen LogP contribution in [0, 0.1) is 5.82 Å². The van der Waals surface area contributed by atoms with Crippen LogP contribution in [0.1, 0.15) is 31.4 Å². The van der Waals surface area contributed by atoms with Crippen LogP contribution in [0.5, 0.6) is 5.75 Å². The number of rotatable bonds is 4. The van der Waals surface area contributed by atoms with Crippen molar-refractivity contribution in [3.05, 3.63) is 29.6 Å². The highest BCUT2D eigenvalue weighted by Gasteiger charge is 2.23. The Bertz CT molecular complexity index is 464. The minimum absolute atomic E-state index is 0. The Hall–Kier alpha value is -1.33. The van der Waals surface area contributed by atoms with E-state index >= 15 is 0 Å². The van der Waals surface area contributed by atoms with Gasteiger partial charge in [0.1, 0.15) is 0 Å². The second kappa shape index (κ2) is 7.45. The van der Waals surface area contributed by atoms with Crippen LogP contribution in [-0.2, 0) is 4.79 Å². The maximum Gasteiger partial charge on any atom is 0.237 e. The third kappa shape index (κ3) is 3.84. The van der Waals surface area contributed by atoms with E-state index in [2.05, 4.69) is 10.6 Å². The number of halogens is 2. The Kier molecular flexibility index (Phi) is 6.23. The topological polar surface area (TPSA) is 50.4 Å². The standard InChI is InChI=1S/C14H19FN2O2.ClH/c1-9(17-14(18)12-4-3-7-16-12)10-5-6-13(19-2)11(15)8-10;/h5-6,8-9,12,16H,3-4,7H2,1-2H3,(H,17,18);1H. The minimum atomic E-state index is -0.417. The van der Waals surface area contributed by atoms with E-state index in [4.69, 9.17) is 4.74 Å². The quantitative estimate of drug-likeness (QED) is 0.896. The van der Waals surface area contributed by atoms with Gasteiger partial charge < -0.3 is 15.4 Å². The lowest BCUT2D eigenvalue weighted by Gasteiger charge is -2.18. The largest absolute Gasteiger partial charge is 0.494 e. The van der Waals surface area contributed by atoms with Crippen LogP contribution in [0.15, 0.2) is 18.2 Å². The van der Waals surface area contributed by atoms with Gasteiger partial charge in [0.15, 0.2) is 11.6 Å². The third-order valence-electron chi connectivity index (χ3n) is 3.41. The summed E-state index contributed by atoms with van der Waals surface area (Å²) in [4.78, 5) is 11.9. The number of carbonyl (C=O) groups is 1. The van der Waals surface area contributed by atoms with Gasteiger partial charge in [-0.15, -0.1) is 12.4 Å². The predicted octanol–water partition coefficient (Wildman–Crippen LogP) is 2.19. The fourth-order valence-electron chi connectivity index (χ4n) is 2.26. The van der Waals surface area contributed by atoms with Crippen molar-refractivity contribution < 1.29 is 13.9 Å². The van der Waals surface area contributed by atoms with Crippen LogP contribution in [0.25, 0.3) is 0 Å². The fourth-order valence-corrected chi connectivity index (χ4v) is 2.26. The lowest BCUT2D eigenvalue weighted by molar-refractivity contribution is -0.123. The first-order valence-electron chi connectivity index (χ1n) is 6.49. The molecule has 2 atom stereocenters. The Morgan fingerprint density at radius 1 is 1.55 bits per heavy atom. The predicted molar refractivity (Wildman–Crippen MR) is 77.8 cm³/mol. The maximum atomic E-state index is 13.6. The summed E-state index contributed by atoms with van der Waals surface area (Å²) in [6.07, 6.45) is 1.87. The Morgan fingerprint density at radius 3 is 2.85 bits per heavy atom. The smallest absolute Gasteiger partial charge is 0.237 e. The van der Waals surface area contributed by atoms with E-state index in [-0.39, 0.29) is 36.1 Å². The Morgan fingerprint density at radius 2 is 2.30 bits per heavy atom. The van der Waals surface area contributed by atoms with Crippen molar-refractivity contribution in [2.24, 2.45) is 0 Å². The molecule has 1 saturated heterocycles. The van der Waals surface area contributed by atoms with Gasteiger partial charge in [-0.05, 0) is 44.0 Å². The van der Waals surface area contributed by atoms with Gasteiger partial charge in [-0.25, -0.2) is 4.39 Å². The van der Waals surface area contributed by atoms with Crippen LogP contribution >= 0.6 is 12.4 Å². The zero-order chi connectivity index (χ0) is 13.8. The van der Waals surface area contributed by atoms with E-state index in [1.165, 1.54) is 13.2 Å². The summed E-state index contributed by atoms with van der Waals surface area (Å²) < 4.78 is 18.5. The summed E-state index contributed by atoms with van der Waals surface area (Å²) in [6.45, 7) is 2.72. The number of methoxy groups -OCH3 is 1. The molecule has 1 amide bonds. The number of benzene rings is 1. The highest BCUT2D eigenvalue weighted by molar-refractivity contribution is 5.85. The average Bonchev–Trinajstić information content (AvgIpc) is 2.92. The van der Waals surface area contributed by atoms with Crippen molar-refractivity contribution in [2.75, 3.05) is 13.7 Å². The van der Waals surface area contributed by atoms with E-state index in [1.807, 2.05) is 6.92 Å². The number of carbonyl (C=O) groups excluding carboxylic acids is 1. The molecule has 2 rings (SSSR count). The molecule has 1 heterocycles. The summed E-state index contributed by atoms with van der Waals surface area (Å²) in [6, 6.07) is 4.38. The van der Waals surface area contributed by atoms with Gasteiger partial charge >= 0.3 is 0 Å². The molecule has 2 unspecified atom stereocenters. The van der Waals surface area contributed by atoms with E-state index in [1.54, 1.807) is 12.1 Å². The first kappa shape index (κ1) is 16.7. The van der Waals surface area contributed by atoms with Gasteiger partial charge in [0.05, 0.1) is 19.2 Å². The van der Waals surface area contributed by atoms with Crippen LogP contribution < -0.4 is 15.4 Å². The molecule has 0 radical (unpaired) electrons. The monoisotopic (exact) mass is 302 g/mol. The lowest BCUT2D eigenvalue weighted by Crippen LogP contribution is -2.41. The SMILES string of the molecule is COc1ccc(C(C)NC(=O)C2CCCN2)cc1F.Cl. The van der Waals surface area contributed by atoms with Gasteiger partial charge in [-0.1, -0.05) is 6.07 Å². The van der Waals surface area contributed by atoms with Crippen molar-refractivity contribution in [3.8, 4) is 5.75 Å². The molecule has 1 aromatic carbocycles. The van der Waals surface area contributed by atoms with Crippen LogP contribution in [0.2, 0.25) is 0 Å². The van der Waals surface area contributed by atoms with Crippen LogP contribution in [-0.4, -0.2) is 25.6 Å². The molecule has 6 heteroatoms. The zero-order valence-corrected chi connectivity index (χ0v) is 12.4. The molecule has 0 spiro atoms. The summed E-state index contributed by atoms with van der Waals surface area (Å²) in [5, 5.41) is 6.03. The van der Waals surface area contributed by atoms with E-state index in [9.17, 15) is 9.18 Å². The third-order valence-corrected chi connectivity index (χ3v) is 3.41. The maximum absolute atomic E-state index is 13.6. The van der Waals surface area contributed by atoms with Crippen LogP contribution in [0.3, 0.4) is 0 Å². The van der Waals surface area contributed by atoms with Crippen LogP contribution in [0.4, 0.5) is 4.39 Å². The molecule has 112 valence electrons. The molecule has 4 nitrogen and oxygen atoms in total. The summed E-state index contributed by atoms with van der Waals surface area (Å²) in [5.74, 6) is -0.235. The van der Waals surface area contributed by atoms with Crippen molar-refractivity contribution in [3.63, 3.8) is 0 Å². The van der Waals surface area contributed by atoms with Gasteiger partial charge in [0.25, 0.3) is 0 Å². The Labute approximate surface area is 124 Å². The molecule has 1 fully saturated rings. The van der Waals surface area contributed by atoms with Gasteiger partial charge in [-0.3, -0.25) is 4.79 Å². The molecule has 0 aliphatic carbocycles. The van der Waals surface area contributed by atoms with Crippen molar-refractivity contribution in [1.29, 1.82) is 0 Å². The molecule has 2 N–H and O–H groups in total. The van der Waals surface area contributed by atoms with E-state index in [0.717, 1.165) is 24.9 Å². The lowest BCUT2D eigenvalue weighted by atomic mass is 10.1. The average molecular weight is 303 g/mol.